The van der Waals surface area contributed by atoms with Crippen LogP contribution in [-0.2, 0) is 28.1 Å². The van der Waals surface area contributed by atoms with E-state index < -0.39 is 40.4 Å². The largest absolute Gasteiger partial charge is 0.441 e. The Morgan fingerprint density at radius 3 is 2.96 bits per heavy atom. The number of hydrogen-bond acceptors (Lipinski definition) is 10. The average molecular weight is 376 g/mol. The van der Waals surface area contributed by atoms with Crippen molar-refractivity contribution in [2.75, 3.05) is 19.5 Å². The summed E-state index contributed by atoms with van der Waals surface area (Å²) in [5.74, 6) is -0.0750. The van der Waals surface area contributed by atoms with Crippen LogP contribution in [0.3, 0.4) is 0 Å². The van der Waals surface area contributed by atoms with Crippen LogP contribution in [0.25, 0.3) is 11.2 Å². The van der Waals surface area contributed by atoms with Crippen molar-refractivity contribution in [1.82, 2.24) is 19.5 Å². The van der Waals surface area contributed by atoms with Crippen LogP contribution < -0.4 is 11.3 Å². The zero-order valence-electron chi connectivity index (χ0n) is 12.4. The van der Waals surface area contributed by atoms with Crippen molar-refractivity contribution in [2.45, 2.75) is 24.5 Å². The van der Waals surface area contributed by atoms with Crippen molar-refractivity contribution in [1.29, 1.82) is 0 Å². The van der Waals surface area contributed by atoms with Crippen LogP contribution in [0.1, 0.15) is 6.23 Å². The first kappa shape index (κ1) is 17.3. The third kappa shape index (κ3) is 2.92. The molecular formula is C11H15N5O6PS-. The van der Waals surface area contributed by atoms with Gasteiger partial charge >= 0.3 is 0 Å². The molecule has 3 rings (SSSR count). The summed E-state index contributed by atoms with van der Waals surface area (Å²) in [5.41, 5.74) is 5.36. The van der Waals surface area contributed by atoms with Crippen molar-refractivity contribution in [3.8, 4) is 0 Å². The predicted octanol–water partition coefficient (Wildman–Crippen LogP) is -1.07. The van der Waals surface area contributed by atoms with Gasteiger partial charge in [-0.1, -0.05) is 0 Å². The second-order valence-corrected chi connectivity index (χ2v) is 6.68. The molecule has 0 bridgehead atoms. The second-order valence-electron chi connectivity index (χ2n) is 5.02. The van der Waals surface area contributed by atoms with E-state index in [9.17, 15) is 14.1 Å². The van der Waals surface area contributed by atoms with Crippen molar-refractivity contribution in [2.24, 2.45) is 0 Å². The minimum atomic E-state index is -1.78. The molecule has 4 unspecified atom stereocenters. The Bertz CT molecular complexity index is 873. The minimum Gasteiger partial charge on any atom is -0.441 e. The van der Waals surface area contributed by atoms with Crippen LogP contribution in [0.15, 0.2) is 11.1 Å². The van der Waals surface area contributed by atoms with E-state index in [4.69, 9.17) is 19.4 Å². The molecule has 0 saturated carbocycles. The maximum absolute atomic E-state index is 11.9. The highest BCUT2D eigenvalue weighted by Gasteiger charge is 2.46. The van der Waals surface area contributed by atoms with E-state index in [-0.39, 0.29) is 23.7 Å². The number of nitrogens with one attached hydrogen (secondary N) is 1. The molecule has 1 aliphatic rings. The maximum Gasteiger partial charge on any atom is 0.280 e. The zero-order valence-corrected chi connectivity index (χ0v) is 14.2. The number of nitrogen functional groups attached to an aromatic ring is 1. The van der Waals surface area contributed by atoms with Gasteiger partial charge in [0.2, 0.25) is 5.95 Å². The molecule has 132 valence electrons. The van der Waals surface area contributed by atoms with Crippen molar-refractivity contribution >= 4 is 35.4 Å². The van der Waals surface area contributed by atoms with Gasteiger partial charge in [0.05, 0.1) is 19.0 Å². The van der Waals surface area contributed by atoms with Crippen LogP contribution >= 0.6 is 8.02 Å². The Hall–Kier alpha value is -1.56. The summed E-state index contributed by atoms with van der Waals surface area (Å²) >= 11 is 0. The second kappa shape index (κ2) is 6.75. The summed E-state index contributed by atoms with van der Waals surface area (Å²) in [6, 6.07) is 0. The van der Waals surface area contributed by atoms with Gasteiger partial charge in [-0.2, -0.15) is 4.98 Å². The van der Waals surface area contributed by atoms with E-state index in [0.29, 0.717) is 0 Å². The number of aliphatic hydroxyl groups is 1. The quantitative estimate of drug-likeness (QED) is 0.437. The number of fused-ring (bicyclic) bond motifs is 1. The molecule has 0 aromatic carbocycles. The topological polar surface area (TPSA) is 155 Å². The summed E-state index contributed by atoms with van der Waals surface area (Å²) in [5, 5.41) is 9.49. The molecular weight excluding hydrogens is 361 g/mol. The number of aliphatic hydroxyl groups excluding tert-OH is 1. The highest BCUT2D eigenvalue weighted by molar-refractivity contribution is 8.03. The van der Waals surface area contributed by atoms with Gasteiger partial charge in [-0.05, 0) is 0 Å². The standard InChI is InChI=1S/C11H15N5O6PS/c1-20-7-6(22-24(19)23)4(2-17)21-10(7)16-3-13-5-8(16)14-11(12)15-9(5)18/h3-4,6-7,10,17,23H,2H2,1H3,(H3,12,14,15,18)/q-1. The third-order valence-electron chi connectivity index (χ3n) is 3.66. The fourth-order valence-corrected chi connectivity index (χ4v) is 3.44. The number of nitrogens with two attached hydrogens (primary N) is 1. The summed E-state index contributed by atoms with van der Waals surface area (Å²) in [7, 11) is 2.48. The Morgan fingerprint density at radius 1 is 1.58 bits per heavy atom. The molecule has 0 amide bonds. The normalized spacial score (nSPS) is 27.3. The van der Waals surface area contributed by atoms with Gasteiger partial charge < -0.3 is 28.7 Å². The Morgan fingerprint density at radius 2 is 2.33 bits per heavy atom. The number of imidazole rings is 1. The van der Waals surface area contributed by atoms with Gasteiger partial charge in [-0.15, -0.1) is 10.3 Å². The Labute approximate surface area is 139 Å². The van der Waals surface area contributed by atoms with Crippen LogP contribution in [0.5, 0.6) is 0 Å². The number of H-pyrrole nitrogens is 1. The van der Waals surface area contributed by atoms with Gasteiger partial charge in [-0.25, -0.2) is 13.0 Å². The van der Waals surface area contributed by atoms with Crippen molar-refractivity contribution in [3.05, 3.63) is 16.7 Å². The van der Waals surface area contributed by atoms with Gasteiger partial charge in [0.15, 0.2) is 17.4 Å². The first-order chi connectivity index (χ1) is 11.5. The number of aromatic nitrogens is 4. The lowest BCUT2D eigenvalue weighted by molar-refractivity contribution is -0.0583. The van der Waals surface area contributed by atoms with Gasteiger partial charge in [0.25, 0.3) is 5.56 Å². The number of ether oxygens (including phenoxy) is 2. The molecule has 2 aromatic rings. The highest BCUT2D eigenvalue weighted by atomic mass is 32.5. The van der Waals surface area contributed by atoms with Crippen molar-refractivity contribution < 1.29 is 23.0 Å². The smallest absolute Gasteiger partial charge is 0.280 e. The highest BCUT2D eigenvalue weighted by Crippen LogP contribution is 2.34. The predicted molar refractivity (Wildman–Crippen MR) is 85.6 cm³/mol. The lowest BCUT2D eigenvalue weighted by Crippen LogP contribution is -2.36. The van der Waals surface area contributed by atoms with Gasteiger partial charge in [0, 0.05) is 7.11 Å². The van der Waals surface area contributed by atoms with E-state index in [2.05, 4.69) is 23.0 Å². The van der Waals surface area contributed by atoms with E-state index in [1.54, 1.807) is 0 Å². The lowest BCUT2D eigenvalue weighted by atomic mass is 10.1. The van der Waals surface area contributed by atoms with E-state index >= 15 is 0 Å². The maximum atomic E-state index is 11.9. The zero-order chi connectivity index (χ0) is 17.4. The fraction of sp³-hybridized carbons (Fsp3) is 0.545. The van der Waals surface area contributed by atoms with Crippen LogP contribution in [-0.4, -0.2) is 56.7 Å². The molecule has 4 N–H and O–H groups in total. The third-order valence-corrected chi connectivity index (χ3v) is 4.35. The van der Waals surface area contributed by atoms with Gasteiger partial charge in [0.1, 0.15) is 12.2 Å². The molecule has 4 atom stereocenters. The molecule has 3 heterocycles. The first-order valence-corrected chi connectivity index (χ1v) is 9.07. The Kier molecular flexibility index (Phi) is 4.85. The molecule has 1 aliphatic heterocycles. The molecule has 1 fully saturated rings. The average Bonchev–Trinajstić information content (AvgIpc) is 3.07. The molecule has 0 spiro atoms. The van der Waals surface area contributed by atoms with Crippen LogP contribution in [0.4, 0.5) is 5.95 Å². The van der Waals surface area contributed by atoms with Crippen LogP contribution in [0.2, 0.25) is 0 Å². The summed E-state index contributed by atoms with van der Waals surface area (Å²) in [4.78, 5) is 22.3. The SMILES string of the molecule is COC1C(O[S-](=O)=P)C(CO)OC1n1cnc2c(=O)[nH]c(N)nc21. The minimum absolute atomic E-state index is 0.0750. The molecule has 2 aromatic heterocycles. The summed E-state index contributed by atoms with van der Waals surface area (Å²) in [6.45, 7) is -0.382. The first-order valence-electron chi connectivity index (χ1n) is 6.77. The number of aromatic amines is 1. The number of nitrogens with zero attached hydrogens (tertiary/aromatic N) is 3. The molecule has 13 heteroatoms. The number of hydrogen-bond donors (Lipinski definition) is 3. The van der Waals surface area contributed by atoms with Gasteiger partial charge in [-0.3, -0.25) is 14.3 Å². The van der Waals surface area contributed by atoms with E-state index in [1.807, 2.05) is 0 Å². The number of methoxy groups -OCH3 is 1. The monoisotopic (exact) mass is 376 g/mol. The fourth-order valence-electron chi connectivity index (χ4n) is 2.68. The lowest BCUT2D eigenvalue weighted by Gasteiger charge is -2.25. The number of rotatable bonds is 5. The molecule has 0 aliphatic carbocycles. The summed E-state index contributed by atoms with van der Waals surface area (Å²) < 4.78 is 29.2. The molecule has 0 radical (unpaired) electrons. The molecule has 11 nitrogen and oxygen atoms in total. The summed E-state index contributed by atoms with van der Waals surface area (Å²) in [6.07, 6.45) is -1.81. The Balaban J connectivity index is 2.07. The van der Waals surface area contributed by atoms with E-state index in [0.717, 1.165) is 0 Å². The van der Waals surface area contributed by atoms with Crippen LogP contribution in [0, 0.1) is 0 Å². The number of anilines is 1. The van der Waals surface area contributed by atoms with E-state index in [1.165, 1.54) is 18.0 Å². The molecule has 1 saturated heterocycles. The molecule has 24 heavy (non-hydrogen) atoms. The van der Waals surface area contributed by atoms with Crippen molar-refractivity contribution in [3.63, 3.8) is 0 Å².